The molecule has 0 spiro atoms. The highest BCUT2D eigenvalue weighted by atomic mass is 19.2. The van der Waals surface area contributed by atoms with Gasteiger partial charge < -0.3 is 10.4 Å². The lowest BCUT2D eigenvalue weighted by Gasteiger charge is -2.19. The van der Waals surface area contributed by atoms with E-state index in [2.05, 4.69) is 5.32 Å². The summed E-state index contributed by atoms with van der Waals surface area (Å²) < 4.78 is 40.2. The van der Waals surface area contributed by atoms with Crippen molar-refractivity contribution in [3.8, 4) is 0 Å². The van der Waals surface area contributed by atoms with Crippen LogP contribution in [0.3, 0.4) is 0 Å². The number of nitrogens with one attached hydrogen (secondary N) is 1. The lowest BCUT2D eigenvalue weighted by atomic mass is 10.1. The van der Waals surface area contributed by atoms with E-state index in [1.807, 2.05) is 0 Å². The maximum absolute atomic E-state index is 13.7. The number of aliphatic hydroxyl groups excluding tert-OH is 1. The minimum Gasteiger partial charge on any atom is -0.394 e. The number of aliphatic hydroxyl groups is 1. The highest BCUT2D eigenvalue weighted by molar-refractivity contribution is 5.48. The van der Waals surface area contributed by atoms with E-state index in [1.54, 1.807) is 13.0 Å². The standard InChI is InChI=1S/C15H14F3NO/c1-9-5-10(16)7-11(6-9)19-14(8-20)12-3-2-4-13(17)15(12)18/h2-7,14,19-20H,8H2,1H3. The van der Waals surface area contributed by atoms with E-state index in [0.717, 1.165) is 6.07 Å². The molecule has 0 bridgehead atoms. The van der Waals surface area contributed by atoms with E-state index >= 15 is 0 Å². The van der Waals surface area contributed by atoms with Gasteiger partial charge in [-0.1, -0.05) is 12.1 Å². The van der Waals surface area contributed by atoms with Gasteiger partial charge in [-0.05, 0) is 36.8 Å². The van der Waals surface area contributed by atoms with Crippen LogP contribution in [0.1, 0.15) is 17.2 Å². The average molecular weight is 281 g/mol. The molecule has 0 saturated carbocycles. The maximum atomic E-state index is 13.7. The normalized spacial score (nSPS) is 12.2. The summed E-state index contributed by atoms with van der Waals surface area (Å²) in [7, 11) is 0. The van der Waals surface area contributed by atoms with Crippen LogP contribution in [-0.4, -0.2) is 11.7 Å². The Bertz CT molecular complexity index is 596. The van der Waals surface area contributed by atoms with Gasteiger partial charge in [0.05, 0.1) is 12.6 Å². The van der Waals surface area contributed by atoms with Gasteiger partial charge in [0.25, 0.3) is 0 Å². The zero-order chi connectivity index (χ0) is 14.7. The smallest absolute Gasteiger partial charge is 0.164 e. The third kappa shape index (κ3) is 3.11. The molecule has 0 aromatic heterocycles. The van der Waals surface area contributed by atoms with Gasteiger partial charge in [0.2, 0.25) is 0 Å². The first kappa shape index (κ1) is 14.4. The molecule has 2 N–H and O–H groups in total. The van der Waals surface area contributed by atoms with Gasteiger partial charge in [-0.2, -0.15) is 0 Å². The number of hydrogen-bond donors (Lipinski definition) is 2. The van der Waals surface area contributed by atoms with Crippen LogP contribution in [-0.2, 0) is 0 Å². The monoisotopic (exact) mass is 281 g/mol. The molecule has 5 heteroatoms. The Morgan fingerprint density at radius 2 is 1.90 bits per heavy atom. The second kappa shape index (κ2) is 5.96. The molecule has 2 rings (SSSR count). The predicted molar refractivity (Wildman–Crippen MR) is 70.9 cm³/mol. The van der Waals surface area contributed by atoms with Crippen molar-refractivity contribution in [2.45, 2.75) is 13.0 Å². The zero-order valence-electron chi connectivity index (χ0n) is 10.8. The van der Waals surface area contributed by atoms with Gasteiger partial charge in [-0.15, -0.1) is 0 Å². The third-order valence-corrected chi connectivity index (χ3v) is 2.92. The van der Waals surface area contributed by atoms with Gasteiger partial charge in [-0.3, -0.25) is 0 Å². The van der Waals surface area contributed by atoms with Crippen molar-refractivity contribution >= 4 is 5.69 Å². The summed E-state index contributed by atoms with van der Waals surface area (Å²) in [5.74, 6) is -2.45. The van der Waals surface area contributed by atoms with Crippen molar-refractivity contribution in [2.75, 3.05) is 11.9 Å². The summed E-state index contributed by atoms with van der Waals surface area (Å²) >= 11 is 0. The zero-order valence-corrected chi connectivity index (χ0v) is 10.8. The Morgan fingerprint density at radius 1 is 1.15 bits per heavy atom. The minimum absolute atomic E-state index is 0.00517. The van der Waals surface area contributed by atoms with E-state index < -0.39 is 30.1 Å². The summed E-state index contributed by atoms with van der Waals surface area (Å²) in [6.07, 6.45) is 0. The molecule has 20 heavy (non-hydrogen) atoms. The van der Waals surface area contributed by atoms with E-state index in [-0.39, 0.29) is 5.56 Å². The van der Waals surface area contributed by atoms with Crippen molar-refractivity contribution in [2.24, 2.45) is 0 Å². The SMILES string of the molecule is Cc1cc(F)cc(NC(CO)c2cccc(F)c2F)c1. The first-order valence-electron chi connectivity index (χ1n) is 6.09. The van der Waals surface area contributed by atoms with Gasteiger partial charge in [0.15, 0.2) is 11.6 Å². The molecule has 2 aromatic carbocycles. The fourth-order valence-corrected chi connectivity index (χ4v) is 2.03. The number of hydrogen-bond acceptors (Lipinski definition) is 2. The van der Waals surface area contributed by atoms with Crippen LogP contribution in [0.25, 0.3) is 0 Å². The van der Waals surface area contributed by atoms with Crippen LogP contribution >= 0.6 is 0 Å². The number of anilines is 1. The molecular formula is C15H14F3NO. The lowest BCUT2D eigenvalue weighted by Crippen LogP contribution is -2.17. The van der Waals surface area contributed by atoms with Crippen LogP contribution in [0, 0.1) is 24.4 Å². The summed E-state index contributed by atoms with van der Waals surface area (Å²) in [4.78, 5) is 0. The number of halogens is 3. The maximum Gasteiger partial charge on any atom is 0.164 e. The van der Waals surface area contributed by atoms with E-state index in [1.165, 1.54) is 24.3 Å². The van der Waals surface area contributed by atoms with Gasteiger partial charge in [0, 0.05) is 11.3 Å². The Labute approximate surface area is 114 Å². The Kier molecular flexibility index (Phi) is 4.29. The molecular weight excluding hydrogens is 267 g/mol. The fraction of sp³-hybridized carbons (Fsp3) is 0.200. The molecule has 0 amide bonds. The van der Waals surface area contributed by atoms with E-state index in [9.17, 15) is 18.3 Å². The molecule has 0 radical (unpaired) electrons. The molecule has 106 valence electrons. The highest BCUT2D eigenvalue weighted by Gasteiger charge is 2.17. The van der Waals surface area contributed by atoms with Crippen molar-refractivity contribution in [1.82, 2.24) is 0 Å². The van der Waals surface area contributed by atoms with Gasteiger partial charge >= 0.3 is 0 Å². The molecule has 0 aliphatic rings. The Morgan fingerprint density at radius 3 is 2.55 bits per heavy atom. The summed E-state index contributed by atoms with van der Waals surface area (Å²) in [6, 6.07) is 7.11. The van der Waals surface area contributed by atoms with Crippen molar-refractivity contribution in [1.29, 1.82) is 0 Å². The van der Waals surface area contributed by atoms with Crippen molar-refractivity contribution < 1.29 is 18.3 Å². The van der Waals surface area contributed by atoms with Crippen LogP contribution in [0.2, 0.25) is 0 Å². The summed E-state index contributed by atoms with van der Waals surface area (Å²) in [5, 5.41) is 12.1. The predicted octanol–water partition coefficient (Wildman–Crippen LogP) is 3.56. The number of benzene rings is 2. The quantitative estimate of drug-likeness (QED) is 0.898. The molecule has 0 saturated heterocycles. The lowest BCUT2D eigenvalue weighted by molar-refractivity contribution is 0.273. The molecule has 0 aliphatic carbocycles. The minimum atomic E-state index is -1.02. The largest absolute Gasteiger partial charge is 0.394 e. The summed E-state index contributed by atoms with van der Waals surface area (Å²) in [6.45, 7) is 1.26. The molecule has 1 unspecified atom stereocenters. The molecule has 0 fully saturated rings. The van der Waals surface area contributed by atoms with Crippen LogP contribution in [0.15, 0.2) is 36.4 Å². The van der Waals surface area contributed by atoms with Crippen molar-refractivity contribution in [3.05, 3.63) is 65.0 Å². The first-order valence-corrected chi connectivity index (χ1v) is 6.09. The molecule has 0 heterocycles. The molecule has 1 atom stereocenters. The topological polar surface area (TPSA) is 32.3 Å². The average Bonchev–Trinajstić information content (AvgIpc) is 2.38. The van der Waals surface area contributed by atoms with E-state index in [4.69, 9.17) is 0 Å². The van der Waals surface area contributed by atoms with Gasteiger partial charge in [-0.25, -0.2) is 13.2 Å². The number of aryl methyl sites for hydroxylation is 1. The molecule has 2 aromatic rings. The second-order valence-electron chi connectivity index (χ2n) is 4.54. The van der Waals surface area contributed by atoms with Crippen LogP contribution < -0.4 is 5.32 Å². The highest BCUT2D eigenvalue weighted by Crippen LogP contribution is 2.24. The fourth-order valence-electron chi connectivity index (χ4n) is 2.03. The summed E-state index contributed by atoms with van der Waals surface area (Å²) in [5.41, 5.74) is 1.07. The van der Waals surface area contributed by atoms with Crippen LogP contribution in [0.5, 0.6) is 0 Å². The molecule has 0 aliphatic heterocycles. The Balaban J connectivity index is 2.31. The first-order chi connectivity index (χ1) is 9.51. The Hall–Kier alpha value is -2.01. The van der Waals surface area contributed by atoms with Crippen LogP contribution in [0.4, 0.5) is 18.9 Å². The van der Waals surface area contributed by atoms with Gasteiger partial charge in [0.1, 0.15) is 5.82 Å². The third-order valence-electron chi connectivity index (χ3n) is 2.92. The second-order valence-corrected chi connectivity index (χ2v) is 4.54. The van der Waals surface area contributed by atoms with E-state index in [0.29, 0.717) is 11.3 Å². The number of rotatable bonds is 4. The van der Waals surface area contributed by atoms with Crippen molar-refractivity contribution in [3.63, 3.8) is 0 Å². The molecule has 2 nitrogen and oxygen atoms in total.